The Morgan fingerprint density at radius 3 is 1.86 bits per heavy atom. The van der Waals surface area contributed by atoms with Crippen molar-refractivity contribution in [3.63, 3.8) is 0 Å². The van der Waals surface area contributed by atoms with E-state index in [1.807, 2.05) is 6.92 Å². The van der Waals surface area contributed by atoms with Gasteiger partial charge in [0.2, 0.25) is 41.6 Å². The van der Waals surface area contributed by atoms with Crippen molar-refractivity contribution < 1.29 is 122 Å². The first kappa shape index (κ1) is 93.0. The van der Waals surface area contributed by atoms with Crippen molar-refractivity contribution in [3.05, 3.63) is 117 Å². The lowest BCUT2D eigenvalue weighted by Gasteiger charge is -2.54. The van der Waals surface area contributed by atoms with E-state index in [-0.39, 0.29) is 99.4 Å². The molecular weight excluding hydrogens is 1650 g/mol. The number of ketones is 3. The number of imide groups is 1. The van der Waals surface area contributed by atoms with Gasteiger partial charge in [0, 0.05) is 62.9 Å². The summed E-state index contributed by atoms with van der Waals surface area (Å²) in [6.45, 7) is 15.3. The minimum absolute atomic E-state index is 0.0556. The zero-order chi connectivity index (χ0) is 90.0. The molecule has 5 fully saturated rings. The van der Waals surface area contributed by atoms with E-state index >= 15 is 33.6 Å². The largest absolute Gasteiger partial charge is 0.508 e. The van der Waals surface area contributed by atoms with E-state index in [1.54, 1.807) is 55.4 Å². The number of nitrogens with one attached hydrogen (secondary N) is 6. The van der Waals surface area contributed by atoms with Crippen LogP contribution in [0.2, 0.25) is 10.0 Å². The lowest BCUT2D eigenvalue weighted by molar-refractivity contribution is -0.273. The molecule has 1 unspecified atom stereocenters. The monoisotopic (exact) mass is 1760 g/mol. The second-order valence-electron chi connectivity index (χ2n) is 36.3. The standard InChI is InChI=1S/C90H111Cl2N7O25/c1-11-12-13-14-23-93-87(117)94-69(106)36-50-33-61(103)74(97-84(115)58(24-41(2)3)99(10)88(118)124-90(7,8)9)76(108)45-16-19-64(56(91)31-45)119-67-34-49-35-68(81(67)122-86-80(112)79(111)78(110)66(121-86)21-22-70(107)123-89(4,5)6)120-65-20-17-46(32-57(65)92)77(109)75-85(116)96-73(63(105)39-52-47-26-42-25-43(28-47)29-48(52)27-42)55-37-51(100)38-60(102)71(55)54-30-44(15-18-59(54)101)53(83(114)98-75)40-62(104)72(49)95-82(50)113/h15-20,30-32,34-35,37-38,41-43,47-48,50,52-53,58,66,72-80,86,100-102,108-112H,11-14,21-29,33,36,39-40H2,1-10H3,(H,95,113)(H,96,116)(H,97,115)(H,98,114)(H2,93,94,106,117)/t42?,43?,47?,48?,50-,52?,53+,58+,66+,72?,73-,74-,75-,76+,77+,78+,79-,80+,86-/m0/s1. The molecule has 8 amide bonds. The van der Waals surface area contributed by atoms with Crippen molar-refractivity contribution in [2.24, 2.45) is 41.4 Å². The topological polar surface area (TPSA) is 480 Å². The predicted octanol–water partition coefficient (Wildman–Crippen LogP) is 10.5. The maximum atomic E-state index is 16.7. The van der Waals surface area contributed by atoms with E-state index in [1.165, 1.54) is 43.4 Å². The van der Waals surface area contributed by atoms with Gasteiger partial charge in [0.05, 0.1) is 28.0 Å². The van der Waals surface area contributed by atoms with Gasteiger partial charge in [-0.2, -0.15) is 0 Å². The number of halogens is 2. The number of fused-ring (bicyclic) bond motifs is 15. The summed E-state index contributed by atoms with van der Waals surface area (Å²) in [7, 11) is 1.29. The van der Waals surface area contributed by atoms with E-state index in [2.05, 4.69) is 31.9 Å². The van der Waals surface area contributed by atoms with Crippen molar-refractivity contribution in [2.45, 2.75) is 255 Å². The number of esters is 1. The minimum Gasteiger partial charge on any atom is -0.508 e. The van der Waals surface area contributed by atoms with E-state index in [0.717, 1.165) is 92.3 Å². The van der Waals surface area contributed by atoms with Crippen molar-refractivity contribution in [1.82, 2.24) is 36.8 Å². The maximum Gasteiger partial charge on any atom is 0.410 e. The SMILES string of the molecule is CCCCCCNC(=O)NC(=O)C[C@@H]1CC(=O)[C@H](NC(=O)[C@@H](CC(C)C)N(C)C(=O)OC(C)(C)C)[C@H](O)c2ccc(c(Cl)c2)Oc2cc3cc(c2O[C@@H]2O[C@H](CCC(=O)OC(C)(C)C)[C@@H](O)[C@H](O)[C@H]2O)Oc2ccc(cc2Cl)[C@@H](O)[C@@H]2NC(=O)[C@H](CC(=O)C3NC1=O)c1ccc(O)c(c1)-c1c(O)cc(O)cc1[C@@H](C(=O)CC1C3CC4CC(C3)CC1C4)NC2=O. The van der Waals surface area contributed by atoms with Crippen LogP contribution in [0.1, 0.15) is 223 Å². The maximum absolute atomic E-state index is 16.7. The van der Waals surface area contributed by atoms with Crippen molar-refractivity contribution in [2.75, 3.05) is 13.6 Å². The summed E-state index contributed by atoms with van der Waals surface area (Å²) in [5, 5.41) is 111. The molecule has 5 aromatic rings. The third-order valence-corrected chi connectivity index (χ3v) is 24.7. The highest BCUT2D eigenvalue weighted by atomic mass is 35.5. The van der Waals surface area contributed by atoms with Crippen LogP contribution in [0.25, 0.3) is 11.1 Å². The lowest BCUT2D eigenvalue weighted by atomic mass is 9.51. The molecule has 4 saturated carbocycles. The number of likely N-dealkylation sites (N-methyl/N-ethyl adjacent to an activating group) is 1. The second kappa shape index (κ2) is 38.7. The summed E-state index contributed by atoms with van der Waals surface area (Å²) in [5.74, 6) is -17.2. The van der Waals surface area contributed by atoms with Crippen LogP contribution in [-0.4, -0.2) is 184 Å². The molecule has 670 valence electrons. The number of nitrogens with zero attached hydrogens (tertiary/aromatic N) is 1. The summed E-state index contributed by atoms with van der Waals surface area (Å²) in [6, 6.07) is 4.13. The number of Topliss-reactive ketones (excluding diaryl/α,β-unsaturated/α-hetero) is 3. The Labute approximate surface area is 727 Å². The molecule has 0 radical (unpaired) electrons. The van der Waals surface area contributed by atoms with Crippen molar-refractivity contribution in [1.29, 1.82) is 0 Å². The van der Waals surface area contributed by atoms with Gasteiger partial charge in [0.25, 0.3) is 0 Å². The number of aliphatic hydroxyl groups excluding tert-OH is 5. The molecule has 124 heavy (non-hydrogen) atoms. The van der Waals surface area contributed by atoms with Crippen LogP contribution in [0.4, 0.5) is 9.59 Å². The Balaban J connectivity index is 1.06. The fourth-order valence-electron chi connectivity index (χ4n) is 18.2. The van der Waals surface area contributed by atoms with Gasteiger partial charge in [-0.05, 0) is 211 Å². The first-order chi connectivity index (χ1) is 58.5. The number of phenolic OH excluding ortho intramolecular Hbond substituents is 3. The van der Waals surface area contributed by atoms with E-state index in [9.17, 15) is 60.0 Å². The van der Waals surface area contributed by atoms with Crippen LogP contribution >= 0.6 is 23.2 Å². The summed E-state index contributed by atoms with van der Waals surface area (Å²) in [5.41, 5.74) is -3.84. The number of aromatic hydroxyl groups is 3. The number of ether oxygens (including phenoxy) is 6. The van der Waals surface area contributed by atoms with Crippen LogP contribution in [0, 0.1) is 41.4 Å². The van der Waals surface area contributed by atoms with Crippen molar-refractivity contribution in [3.8, 4) is 57.1 Å². The summed E-state index contributed by atoms with van der Waals surface area (Å²) >= 11 is 14.5. The minimum atomic E-state index is -2.27. The van der Waals surface area contributed by atoms with Crippen LogP contribution in [0.15, 0.2) is 78.9 Å². The van der Waals surface area contributed by atoms with Gasteiger partial charge in [0.1, 0.15) is 101 Å². The average molecular weight is 1760 g/mol. The lowest BCUT2D eigenvalue weighted by Crippen LogP contribution is -2.59. The second-order valence-corrected chi connectivity index (χ2v) is 37.1. The molecule has 0 spiro atoms. The summed E-state index contributed by atoms with van der Waals surface area (Å²) in [6.07, 6.45) is -11.7. The van der Waals surface area contributed by atoms with Gasteiger partial charge in [-0.1, -0.05) is 81.4 Å². The molecule has 10 aliphatic rings. The molecule has 5 aromatic carbocycles. The highest BCUT2D eigenvalue weighted by molar-refractivity contribution is 6.32. The number of carbonyl (C=O) groups excluding carboxylic acids is 11. The molecule has 34 heteroatoms. The summed E-state index contributed by atoms with van der Waals surface area (Å²) < 4.78 is 37.4. The molecule has 6 heterocycles. The van der Waals surface area contributed by atoms with Crippen LogP contribution in [0.5, 0.6) is 46.0 Å². The molecule has 14 N–H and O–H groups in total. The van der Waals surface area contributed by atoms with Gasteiger partial charge in [0.15, 0.2) is 28.8 Å². The van der Waals surface area contributed by atoms with E-state index < -0.39 is 232 Å². The molecule has 6 aliphatic heterocycles. The predicted molar refractivity (Wildman–Crippen MR) is 447 cm³/mol. The van der Waals surface area contributed by atoms with Crippen molar-refractivity contribution >= 4 is 88.2 Å². The average Bonchev–Trinajstić information content (AvgIpc) is 0.746. The Kier molecular flexibility index (Phi) is 29.0. The molecule has 0 aromatic heterocycles. The van der Waals surface area contributed by atoms with Crippen LogP contribution in [0.3, 0.4) is 0 Å². The molecule has 15 rings (SSSR count). The number of urea groups is 1. The normalized spacial score (nSPS) is 27.1. The number of hydrogen-bond acceptors (Lipinski definition) is 25. The number of rotatable bonds is 20. The molecule has 1 saturated heterocycles. The van der Waals surface area contributed by atoms with Gasteiger partial charge >= 0.3 is 18.1 Å². The number of benzene rings is 5. The van der Waals surface area contributed by atoms with E-state index in [0.29, 0.717) is 24.7 Å². The van der Waals surface area contributed by atoms with Gasteiger partial charge in [-0.15, -0.1) is 0 Å². The smallest absolute Gasteiger partial charge is 0.410 e. The molecule has 14 atom stereocenters. The van der Waals surface area contributed by atoms with E-state index in [4.69, 9.17) is 51.6 Å². The molecule has 15 bridgehead atoms. The Morgan fingerprint density at radius 2 is 1.26 bits per heavy atom. The zero-order valence-corrected chi connectivity index (χ0v) is 72.3. The summed E-state index contributed by atoms with van der Waals surface area (Å²) in [4.78, 5) is 167. The van der Waals surface area contributed by atoms with Gasteiger partial charge in [-0.3, -0.25) is 53.4 Å². The fraction of sp³-hybridized carbons (Fsp3) is 0.544. The molecule has 32 nitrogen and oxygen atoms in total. The number of amides is 8. The van der Waals surface area contributed by atoms with Gasteiger partial charge < -0.3 is 95.9 Å². The highest BCUT2D eigenvalue weighted by Crippen LogP contribution is 2.58. The highest BCUT2D eigenvalue weighted by Gasteiger charge is 2.52. The fourth-order valence-corrected chi connectivity index (χ4v) is 18.7. The Hall–Kier alpha value is -10.2. The third kappa shape index (κ3) is 21.8. The van der Waals surface area contributed by atoms with Gasteiger partial charge in [-0.25, -0.2) is 9.59 Å². The number of unbranched alkanes of at least 4 members (excludes halogenated alkanes) is 3. The van der Waals surface area contributed by atoms with Crippen LogP contribution in [-0.2, 0) is 57.4 Å². The Bertz CT molecular complexity index is 4880. The number of phenols is 3. The first-order valence-corrected chi connectivity index (χ1v) is 43.0. The Morgan fingerprint density at radius 1 is 0.637 bits per heavy atom. The third-order valence-electron chi connectivity index (χ3n) is 24.1. The first-order valence-electron chi connectivity index (χ1n) is 42.3. The number of aliphatic hydroxyl groups is 5. The molecule has 4 aliphatic carbocycles. The quantitative estimate of drug-likeness (QED) is 0.0254. The molecular formula is C90H111Cl2N7O25. The number of hydrogen-bond donors (Lipinski definition) is 14. The number of carbonyl (C=O) groups is 11. The zero-order valence-electron chi connectivity index (χ0n) is 70.8. The van der Waals surface area contributed by atoms with Crippen LogP contribution < -0.4 is 46.1 Å².